The average molecular weight is 376 g/mol. The average Bonchev–Trinajstić information content (AvgIpc) is 2.67. The summed E-state index contributed by atoms with van der Waals surface area (Å²) >= 11 is 0. The van der Waals surface area contributed by atoms with Crippen LogP contribution >= 0.6 is 12.4 Å². The van der Waals surface area contributed by atoms with Gasteiger partial charge in [-0.25, -0.2) is 4.79 Å². The number of primary amides is 1. The Bertz CT molecular complexity index is 739. The van der Waals surface area contributed by atoms with Gasteiger partial charge in [0.1, 0.15) is 0 Å². The highest BCUT2D eigenvalue weighted by Crippen LogP contribution is 2.23. The zero-order chi connectivity index (χ0) is 17.6. The molecule has 4 N–H and O–H groups in total. The van der Waals surface area contributed by atoms with E-state index in [2.05, 4.69) is 15.6 Å². The highest BCUT2D eigenvalue weighted by Gasteiger charge is 2.28. The summed E-state index contributed by atoms with van der Waals surface area (Å²) in [6.45, 7) is 2.46. The van der Waals surface area contributed by atoms with Gasteiger partial charge in [-0.3, -0.25) is 9.78 Å². The van der Waals surface area contributed by atoms with Crippen LogP contribution in [0.2, 0.25) is 0 Å². The second kappa shape index (κ2) is 9.17. The number of urea groups is 1. The number of hydrogen-bond donors (Lipinski definition) is 3. The summed E-state index contributed by atoms with van der Waals surface area (Å²) in [5.41, 5.74) is 7.60. The van der Waals surface area contributed by atoms with E-state index < -0.39 is 6.03 Å². The molecule has 1 aliphatic rings. The number of pyridine rings is 1. The molecule has 0 bridgehead atoms. The number of rotatable bonds is 4. The summed E-state index contributed by atoms with van der Waals surface area (Å²) in [5, 5.41) is 5.86. The van der Waals surface area contributed by atoms with Gasteiger partial charge in [0.2, 0.25) is 0 Å². The van der Waals surface area contributed by atoms with E-state index in [0.29, 0.717) is 25.2 Å². The van der Waals surface area contributed by atoms with E-state index in [1.807, 2.05) is 29.2 Å². The molecule has 2 aromatic rings. The predicted molar refractivity (Wildman–Crippen MR) is 101 cm³/mol. The van der Waals surface area contributed by atoms with Gasteiger partial charge in [0.25, 0.3) is 5.91 Å². The Morgan fingerprint density at radius 1 is 1.27 bits per heavy atom. The minimum atomic E-state index is -0.569. The third-order valence-corrected chi connectivity index (χ3v) is 4.24. The lowest BCUT2D eigenvalue weighted by atomic mass is 10.0. The second-order valence-corrected chi connectivity index (χ2v) is 5.92. The van der Waals surface area contributed by atoms with Crippen LogP contribution in [0.4, 0.5) is 4.79 Å². The molecule has 1 saturated heterocycles. The van der Waals surface area contributed by atoms with Crippen LogP contribution in [0.15, 0.2) is 48.8 Å². The molecule has 1 fully saturated rings. The fourth-order valence-corrected chi connectivity index (χ4v) is 2.94. The van der Waals surface area contributed by atoms with Gasteiger partial charge in [0.15, 0.2) is 0 Å². The van der Waals surface area contributed by atoms with Gasteiger partial charge in [-0.2, -0.15) is 0 Å². The molecule has 8 heteroatoms. The van der Waals surface area contributed by atoms with E-state index in [0.717, 1.165) is 17.7 Å². The standard InChI is InChI=1S/C18H21N5O2.ClH/c19-18(25)22-10-13-3-5-14(6-4-13)17(24)23-9-8-21-12-16(23)15-2-1-7-20-11-15;/h1-7,11,16,21H,8-10,12H2,(H3,19,22,25);1H. The first-order valence-corrected chi connectivity index (χ1v) is 8.19. The minimum absolute atomic E-state index is 0. The van der Waals surface area contributed by atoms with Gasteiger partial charge in [-0.1, -0.05) is 18.2 Å². The zero-order valence-corrected chi connectivity index (χ0v) is 15.0. The molecular formula is C18H22ClN5O2. The summed E-state index contributed by atoms with van der Waals surface area (Å²) in [6, 6.07) is 10.5. The summed E-state index contributed by atoms with van der Waals surface area (Å²) in [7, 11) is 0. The highest BCUT2D eigenvalue weighted by molar-refractivity contribution is 5.94. The van der Waals surface area contributed by atoms with Gasteiger partial charge in [-0.05, 0) is 29.3 Å². The number of carbonyl (C=O) groups is 2. The van der Waals surface area contributed by atoms with Crippen molar-refractivity contribution in [3.8, 4) is 0 Å². The van der Waals surface area contributed by atoms with Crippen molar-refractivity contribution >= 4 is 24.3 Å². The van der Waals surface area contributed by atoms with Crippen LogP contribution in [0.3, 0.4) is 0 Å². The Kier molecular flexibility index (Phi) is 6.94. The lowest BCUT2D eigenvalue weighted by molar-refractivity contribution is 0.0634. The summed E-state index contributed by atoms with van der Waals surface area (Å²) in [6.07, 6.45) is 3.53. The number of amides is 3. The number of aromatic nitrogens is 1. The second-order valence-electron chi connectivity index (χ2n) is 5.92. The van der Waals surface area contributed by atoms with Crippen LogP contribution in [0, 0.1) is 0 Å². The number of benzene rings is 1. The number of carbonyl (C=O) groups excluding carboxylic acids is 2. The van der Waals surface area contributed by atoms with Crippen LogP contribution in [0.5, 0.6) is 0 Å². The highest BCUT2D eigenvalue weighted by atomic mass is 35.5. The summed E-state index contributed by atoms with van der Waals surface area (Å²) in [4.78, 5) is 29.8. The van der Waals surface area contributed by atoms with E-state index >= 15 is 0 Å². The van der Waals surface area contributed by atoms with Gasteiger partial charge in [0.05, 0.1) is 6.04 Å². The molecule has 1 aliphatic heterocycles. The van der Waals surface area contributed by atoms with Gasteiger partial charge in [-0.15, -0.1) is 12.4 Å². The van der Waals surface area contributed by atoms with Crippen LogP contribution in [-0.2, 0) is 6.54 Å². The lowest BCUT2D eigenvalue weighted by Gasteiger charge is -2.36. The Hall–Kier alpha value is -2.64. The third kappa shape index (κ3) is 4.71. The maximum Gasteiger partial charge on any atom is 0.312 e. The van der Waals surface area contributed by atoms with Crippen molar-refractivity contribution in [3.05, 3.63) is 65.5 Å². The first kappa shape index (κ1) is 19.7. The van der Waals surface area contributed by atoms with E-state index in [1.165, 1.54) is 0 Å². The van der Waals surface area contributed by atoms with Crippen LogP contribution in [-0.4, -0.2) is 41.5 Å². The van der Waals surface area contributed by atoms with Crippen molar-refractivity contribution in [2.75, 3.05) is 19.6 Å². The zero-order valence-electron chi connectivity index (χ0n) is 14.2. The molecule has 7 nitrogen and oxygen atoms in total. The number of halogens is 1. The normalized spacial score (nSPS) is 16.5. The molecule has 1 aromatic heterocycles. The number of nitrogens with zero attached hydrogens (tertiary/aromatic N) is 2. The van der Waals surface area contributed by atoms with Gasteiger partial charge >= 0.3 is 6.03 Å². The van der Waals surface area contributed by atoms with E-state index in [1.54, 1.807) is 24.5 Å². The molecule has 3 rings (SSSR count). The molecule has 0 spiro atoms. The lowest BCUT2D eigenvalue weighted by Crippen LogP contribution is -2.48. The van der Waals surface area contributed by atoms with Crippen molar-refractivity contribution in [1.82, 2.24) is 20.5 Å². The van der Waals surface area contributed by atoms with Gasteiger partial charge in [0, 0.05) is 44.1 Å². The molecule has 1 atom stereocenters. The molecule has 0 aliphatic carbocycles. The van der Waals surface area contributed by atoms with E-state index in [-0.39, 0.29) is 24.4 Å². The Labute approximate surface area is 158 Å². The summed E-state index contributed by atoms with van der Waals surface area (Å²) in [5.74, 6) is -0.00948. The quantitative estimate of drug-likeness (QED) is 0.753. The molecule has 138 valence electrons. The first-order chi connectivity index (χ1) is 12.1. The maximum atomic E-state index is 12.9. The maximum absolute atomic E-state index is 12.9. The summed E-state index contributed by atoms with van der Waals surface area (Å²) < 4.78 is 0. The van der Waals surface area contributed by atoms with Crippen LogP contribution < -0.4 is 16.4 Å². The Morgan fingerprint density at radius 3 is 2.69 bits per heavy atom. The first-order valence-electron chi connectivity index (χ1n) is 8.19. The molecule has 2 heterocycles. The monoisotopic (exact) mass is 375 g/mol. The molecule has 3 amide bonds. The van der Waals surface area contributed by atoms with Crippen LogP contribution in [0.25, 0.3) is 0 Å². The molecule has 1 unspecified atom stereocenters. The van der Waals surface area contributed by atoms with Gasteiger partial charge < -0.3 is 21.3 Å². The smallest absolute Gasteiger partial charge is 0.312 e. The molecule has 0 saturated carbocycles. The van der Waals surface area contributed by atoms with Crippen molar-refractivity contribution in [1.29, 1.82) is 0 Å². The molecule has 1 aromatic carbocycles. The van der Waals surface area contributed by atoms with Crippen molar-refractivity contribution < 1.29 is 9.59 Å². The number of nitrogens with one attached hydrogen (secondary N) is 2. The topological polar surface area (TPSA) is 100 Å². The van der Waals surface area contributed by atoms with Crippen LogP contribution in [0.1, 0.15) is 27.5 Å². The van der Waals surface area contributed by atoms with Crippen molar-refractivity contribution in [2.45, 2.75) is 12.6 Å². The Morgan fingerprint density at radius 2 is 2.04 bits per heavy atom. The van der Waals surface area contributed by atoms with Crippen molar-refractivity contribution in [3.63, 3.8) is 0 Å². The fraction of sp³-hybridized carbons (Fsp3) is 0.278. The predicted octanol–water partition coefficient (Wildman–Crippen LogP) is 1.46. The fourth-order valence-electron chi connectivity index (χ4n) is 2.94. The molecule has 0 radical (unpaired) electrons. The SMILES string of the molecule is Cl.NC(=O)NCc1ccc(C(=O)N2CCNCC2c2cccnc2)cc1. The minimum Gasteiger partial charge on any atom is -0.352 e. The third-order valence-electron chi connectivity index (χ3n) is 4.24. The Balaban J connectivity index is 0.00000243. The molecule has 26 heavy (non-hydrogen) atoms. The van der Waals surface area contributed by atoms with E-state index in [4.69, 9.17) is 5.73 Å². The number of hydrogen-bond acceptors (Lipinski definition) is 4. The van der Waals surface area contributed by atoms with E-state index in [9.17, 15) is 9.59 Å². The molecular weight excluding hydrogens is 354 g/mol. The number of nitrogens with two attached hydrogens (primary N) is 1. The van der Waals surface area contributed by atoms with Crippen molar-refractivity contribution in [2.24, 2.45) is 5.73 Å². The number of piperazine rings is 1. The largest absolute Gasteiger partial charge is 0.352 e.